The number of aromatic amines is 1. The second kappa shape index (κ2) is 14.7. The summed E-state index contributed by atoms with van der Waals surface area (Å²) in [7, 11) is 0. The first-order valence-corrected chi connectivity index (χ1v) is 15.1. The molecule has 0 saturated carbocycles. The number of piperidine rings is 1. The molecular weight excluding hydrogens is 508 g/mol. The van der Waals surface area contributed by atoms with Gasteiger partial charge in [0, 0.05) is 65.8 Å². The molecule has 0 aliphatic carbocycles. The van der Waals surface area contributed by atoms with E-state index >= 15 is 0 Å². The van der Waals surface area contributed by atoms with Crippen molar-refractivity contribution in [2.75, 3.05) is 13.1 Å². The fourth-order valence-corrected chi connectivity index (χ4v) is 5.54. The average Bonchev–Trinajstić information content (AvgIpc) is 3.35. The lowest BCUT2D eigenvalue weighted by molar-refractivity contribution is 0.0908. The number of pyridine rings is 1. The minimum atomic E-state index is 0.0461. The summed E-state index contributed by atoms with van der Waals surface area (Å²) in [5.74, 6) is 0.178. The Bertz CT molecular complexity index is 1420. The molecule has 3 heterocycles. The van der Waals surface area contributed by atoms with Crippen LogP contribution < -0.4 is 5.32 Å². The summed E-state index contributed by atoms with van der Waals surface area (Å²) in [5.41, 5.74) is 7.92. The molecule has 216 valence electrons. The van der Waals surface area contributed by atoms with Crippen molar-refractivity contribution in [1.29, 1.82) is 0 Å². The smallest absolute Gasteiger partial charge is 0.251 e. The number of hydrogen-bond acceptors (Lipinski definition) is 4. The molecule has 0 unspecified atom stereocenters. The fourth-order valence-electron chi connectivity index (χ4n) is 5.54. The van der Waals surface area contributed by atoms with E-state index in [9.17, 15) is 9.59 Å². The topological polar surface area (TPSA) is 78.1 Å². The van der Waals surface area contributed by atoms with Crippen LogP contribution in [0.15, 0.2) is 67.0 Å². The maximum atomic E-state index is 12.9. The predicted octanol–water partition coefficient (Wildman–Crippen LogP) is 6.92. The average molecular weight is 553 g/mol. The number of benzene rings is 2. The van der Waals surface area contributed by atoms with Crippen LogP contribution >= 0.6 is 0 Å². The minimum Gasteiger partial charge on any atom is -0.358 e. The molecule has 1 amide bonds. The van der Waals surface area contributed by atoms with Gasteiger partial charge in [-0.05, 0) is 86.1 Å². The number of nitrogens with one attached hydrogen (secondary N) is 2. The van der Waals surface area contributed by atoms with Crippen LogP contribution in [0.2, 0.25) is 0 Å². The molecule has 0 spiro atoms. The summed E-state index contributed by atoms with van der Waals surface area (Å²) < 4.78 is 0. The van der Waals surface area contributed by atoms with Gasteiger partial charge in [0.1, 0.15) is 0 Å². The first kappa shape index (κ1) is 30.2. The lowest BCUT2D eigenvalue weighted by atomic mass is 10.0. The van der Waals surface area contributed by atoms with Crippen molar-refractivity contribution in [2.24, 2.45) is 0 Å². The number of amides is 1. The van der Waals surface area contributed by atoms with Crippen molar-refractivity contribution >= 4 is 22.6 Å². The van der Waals surface area contributed by atoms with Crippen molar-refractivity contribution in [3.05, 3.63) is 101 Å². The van der Waals surface area contributed by atoms with Crippen molar-refractivity contribution in [3.8, 4) is 0 Å². The summed E-state index contributed by atoms with van der Waals surface area (Å²) in [5, 5.41) is 4.46. The molecular formula is C35H44N4O2. The Labute approximate surface area is 244 Å². The van der Waals surface area contributed by atoms with Gasteiger partial charge in [0.2, 0.25) is 0 Å². The second-order valence-corrected chi connectivity index (χ2v) is 10.9. The first-order chi connectivity index (χ1) is 19.9. The number of carbonyl (C=O) groups is 2. The molecule has 1 saturated heterocycles. The van der Waals surface area contributed by atoms with Crippen molar-refractivity contribution in [1.82, 2.24) is 20.2 Å². The number of aromatic nitrogens is 2. The van der Waals surface area contributed by atoms with Gasteiger partial charge < -0.3 is 10.3 Å². The van der Waals surface area contributed by atoms with Crippen LogP contribution in [0.25, 0.3) is 10.9 Å². The number of hydrogen-bond donors (Lipinski definition) is 2. The fraction of sp³-hybridized carbons (Fsp3) is 0.400. The summed E-state index contributed by atoms with van der Waals surface area (Å²) in [4.78, 5) is 33.8. The van der Waals surface area contributed by atoms with E-state index in [1.54, 1.807) is 6.92 Å². The maximum absolute atomic E-state index is 12.9. The van der Waals surface area contributed by atoms with Gasteiger partial charge in [-0.2, -0.15) is 0 Å². The predicted molar refractivity (Wildman–Crippen MR) is 167 cm³/mol. The molecule has 1 fully saturated rings. The molecule has 4 aromatic rings. The standard InChI is InChI=1S/C25H32N4O.C10H12O/c1-3-5-23-21(4-2)22-16-19(6-7-24(22)28-23)25(30)27-20-10-14-29(15-11-20)17-18-8-12-26-13-9-18;1-3-9-4-6-10(7-5-9)8(2)11/h6-9,12-13,16,20,28H,3-5,10-11,14-15,17H2,1-2H3,(H,27,30);4-7H,3H2,1-2H3. The molecule has 41 heavy (non-hydrogen) atoms. The molecule has 1 aliphatic heterocycles. The van der Waals surface area contributed by atoms with E-state index < -0.39 is 0 Å². The van der Waals surface area contributed by atoms with E-state index in [1.807, 2.05) is 42.7 Å². The maximum Gasteiger partial charge on any atom is 0.251 e. The molecule has 2 N–H and O–H groups in total. The molecule has 0 radical (unpaired) electrons. The number of Topliss-reactive ketones (excluding diaryl/α,β-unsaturated/α-hetero) is 1. The zero-order valence-corrected chi connectivity index (χ0v) is 25.0. The molecule has 0 bridgehead atoms. The Balaban J connectivity index is 0.000000296. The quantitative estimate of drug-likeness (QED) is 0.221. The SMILES string of the molecule is CCCc1[nH]c2ccc(C(=O)NC3CCN(Cc4ccncc4)CC3)cc2c1CC.CCc1ccc(C(C)=O)cc1. The highest BCUT2D eigenvalue weighted by Gasteiger charge is 2.22. The Morgan fingerprint density at radius 1 is 0.902 bits per heavy atom. The van der Waals surface area contributed by atoms with E-state index in [-0.39, 0.29) is 17.7 Å². The number of nitrogens with zero attached hydrogens (tertiary/aromatic N) is 2. The summed E-state index contributed by atoms with van der Waals surface area (Å²) in [6.45, 7) is 11.0. The van der Waals surface area contributed by atoms with Gasteiger partial charge in [-0.1, -0.05) is 51.5 Å². The van der Waals surface area contributed by atoms with Crippen molar-refractivity contribution in [3.63, 3.8) is 0 Å². The molecule has 2 aromatic heterocycles. The molecule has 5 rings (SSSR count). The highest BCUT2D eigenvalue weighted by Crippen LogP contribution is 2.25. The largest absolute Gasteiger partial charge is 0.358 e. The summed E-state index contributed by atoms with van der Waals surface area (Å²) in [6, 6.07) is 18.2. The van der Waals surface area contributed by atoms with Crippen molar-refractivity contribution in [2.45, 2.75) is 78.8 Å². The lowest BCUT2D eigenvalue weighted by Gasteiger charge is -2.32. The number of carbonyl (C=O) groups excluding carboxylic acids is 2. The zero-order valence-electron chi connectivity index (χ0n) is 25.0. The summed E-state index contributed by atoms with van der Waals surface area (Å²) in [6.07, 6.45) is 9.85. The Morgan fingerprint density at radius 2 is 1.59 bits per heavy atom. The van der Waals surface area contributed by atoms with Gasteiger partial charge in [0.15, 0.2) is 5.78 Å². The first-order valence-electron chi connectivity index (χ1n) is 15.1. The van der Waals surface area contributed by atoms with Crippen LogP contribution in [-0.4, -0.2) is 45.7 Å². The lowest BCUT2D eigenvalue weighted by Crippen LogP contribution is -2.44. The van der Waals surface area contributed by atoms with E-state index in [0.717, 1.165) is 74.8 Å². The Kier molecular flexibility index (Phi) is 10.9. The number of ketones is 1. The third-order valence-electron chi connectivity index (χ3n) is 7.96. The molecule has 0 atom stereocenters. The third-order valence-corrected chi connectivity index (χ3v) is 7.96. The van der Waals surface area contributed by atoms with Crippen LogP contribution in [0.3, 0.4) is 0 Å². The minimum absolute atomic E-state index is 0.0461. The Hall–Kier alpha value is -3.77. The van der Waals surface area contributed by atoms with E-state index in [2.05, 4.69) is 65.2 Å². The highest BCUT2D eigenvalue weighted by atomic mass is 16.1. The van der Waals surface area contributed by atoms with Crippen LogP contribution in [0.1, 0.15) is 90.1 Å². The second-order valence-electron chi connectivity index (χ2n) is 10.9. The van der Waals surface area contributed by atoms with E-state index in [1.165, 1.54) is 27.8 Å². The molecule has 6 heteroatoms. The third kappa shape index (κ3) is 8.14. The van der Waals surface area contributed by atoms with Gasteiger partial charge in [-0.3, -0.25) is 19.5 Å². The summed E-state index contributed by atoms with van der Waals surface area (Å²) >= 11 is 0. The van der Waals surface area contributed by atoms with Crippen LogP contribution in [0.5, 0.6) is 0 Å². The number of H-pyrrole nitrogens is 1. The number of aryl methyl sites for hydroxylation is 3. The number of fused-ring (bicyclic) bond motifs is 1. The van der Waals surface area contributed by atoms with Gasteiger partial charge in [-0.15, -0.1) is 0 Å². The zero-order chi connectivity index (χ0) is 29.2. The highest BCUT2D eigenvalue weighted by molar-refractivity contribution is 5.99. The van der Waals surface area contributed by atoms with Crippen LogP contribution in [0, 0.1) is 0 Å². The van der Waals surface area contributed by atoms with Gasteiger partial charge in [-0.25, -0.2) is 0 Å². The van der Waals surface area contributed by atoms with Gasteiger partial charge in [0.25, 0.3) is 5.91 Å². The van der Waals surface area contributed by atoms with E-state index in [4.69, 9.17) is 0 Å². The molecule has 2 aromatic carbocycles. The number of likely N-dealkylation sites (tertiary alicyclic amines) is 1. The number of rotatable bonds is 9. The Morgan fingerprint density at radius 3 is 2.20 bits per heavy atom. The normalized spacial score (nSPS) is 14.0. The monoisotopic (exact) mass is 552 g/mol. The molecule has 6 nitrogen and oxygen atoms in total. The van der Waals surface area contributed by atoms with Gasteiger partial charge in [0.05, 0.1) is 0 Å². The molecule has 1 aliphatic rings. The van der Waals surface area contributed by atoms with Gasteiger partial charge >= 0.3 is 0 Å². The van der Waals surface area contributed by atoms with E-state index in [0.29, 0.717) is 0 Å². The van der Waals surface area contributed by atoms with Crippen molar-refractivity contribution < 1.29 is 9.59 Å². The van der Waals surface area contributed by atoms with Crippen LogP contribution in [-0.2, 0) is 25.8 Å². The van der Waals surface area contributed by atoms with Crippen LogP contribution in [0.4, 0.5) is 0 Å².